The Kier molecular flexibility index (Phi) is 5.52. The Morgan fingerprint density at radius 1 is 1.22 bits per heavy atom. The second kappa shape index (κ2) is 8.01. The number of aromatic nitrogens is 2. The summed E-state index contributed by atoms with van der Waals surface area (Å²) in [7, 11) is 0. The Morgan fingerprint density at radius 3 is 2.78 bits per heavy atom. The minimum Gasteiger partial charge on any atom is -0.482 e. The zero-order valence-electron chi connectivity index (χ0n) is 14.3. The maximum absolute atomic E-state index is 12.9. The number of hydrogen-bond acceptors (Lipinski definition) is 5. The maximum atomic E-state index is 12.9. The molecule has 1 atom stereocenters. The Labute approximate surface area is 160 Å². The molecule has 0 radical (unpaired) electrons. The zero-order chi connectivity index (χ0) is 19.4. The summed E-state index contributed by atoms with van der Waals surface area (Å²) in [6.45, 7) is 1.84. The number of nitrogens with one attached hydrogen (secondary N) is 1. The molecule has 1 amide bonds. The molecule has 138 valence electrons. The summed E-state index contributed by atoms with van der Waals surface area (Å²) in [6, 6.07) is 11.2. The van der Waals surface area contributed by atoms with Crippen molar-refractivity contribution >= 4 is 29.0 Å². The molecular weight excluding hydrogens is 371 g/mol. The standard InChI is InChI=1S/C19H16ClFN4O2/c1-11(27-17-8-13(20)9-24-18(17)22)12-3-2-4-15(7-12)25-19(26)16-6-5-14(21)10-23-16/h2-11H,1H3,(H2,22,24)(H,25,26). The third kappa shape index (κ3) is 4.71. The number of pyridine rings is 2. The highest BCUT2D eigenvalue weighted by Crippen LogP contribution is 2.29. The van der Waals surface area contributed by atoms with Gasteiger partial charge in [0.2, 0.25) is 0 Å². The quantitative estimate of drug-likeness (QED) is 0.684. The number of ether oxygens (including phenoxy) is 1. The van der Waals surface area contributed by atoms with Crippen LogP contribution < -0.4 is 15.8 Å². The van der Waals surface area contributed by atoms with Gasteiger partial charge < -0.3 is 15.8 Å². The highest BCUT2D eigenvalue weighted by molar-refractivity contribution is 6.30. The van der Waals surface area contributed by atoms with Crippen molar-refractivity contribution in [2.45, 2.75) is 13.0 Å². The third-order valence-corrected chi connectivity index (χ3v) is 3.93. The molecule has 0 fully saturated rings. The summed E-state index contributed by atoms with van der Waals surface area (Å²) in [4.78, 5) is 19.9. The van der Waals surface area contributed by atoms with Gasteiger partial charge in [0.15, 0.2) is 11.6 Å². The molecule has 8 heteroatoms. The molecular formula is C19H16ClFN4O2. The first-order valence-electron chi connectivity index (χ1n) is 8.03. The van der Waals surface area contributed by atoms with Gasteiger partial charge in [-0.3, -0.25) is 4.79 Å². The van der Waals surface area contributed by atoms with E-state index in [4.69, 9.17) is 22.1 Å². The third-order valence-electron chi connectivity index (χ3n) is 3.73. The van der Waals surface area contributed by atoms with E-state index in [1.54, 1.807) is 24.3 Å². The summed E-state index contributed by atoms with van der Waals surface area (Å²) in [5, 5.41) is 3.14. The van der Waals surface area contributed by atoms with E-state index < -0.39 is 11.7 Å². The fraction of sp³-hybridized carbons (Fsp3) is 0.105. The number of anilines is 2. The van der Waals surface area contributed by atoms with Crippen LogP contribution in [0.4, 0.5) is 15.9 Å². The van der Waals surface area contributed by atoms with Gasteiger partial charge in [0.25, 0.3) is 5.91 Å². The average Bonchev–Trinajstić information content (AvgIpc) is 2.65. The predicted octanol–water partition coefficient (Wildman–Crippen LogP) is 4.24. The van der Waals surface area contributed by atoms with Crippen LogP contribution in [0.25, 0.3) is 0 Å². The molecule has 27 heavy (non-hydrogen) atoms. The van der Waals surface area contributed by atoms with Gasteiger partial charge in [0, 0.05) is 18.0 Å². The lowest BCUT2D eigenvalue weighted by Crippen LogP contribution is -2.14. The van der Waals surface area contributed by atoms with Crippen molar-refractivity contribution in [1.82, 2.24) is 9.97 Å². The minimum absolute atomic E-state index is 0.115. The van der Waals surface area contributed by atoms with Gasteiger partial charge in [0.05, 0.1) is 11.2 Å². The monoisotopic (exact) mass is 386 g/mol. The zero-order valence-corrected chi connectivity index (χ0v) is 15.1. The van der Waals surface area contributed by atoms with Crippen LogP contribution in [0, 0.1) is 5.82 Å². The summed E-state index contributed by atoms with van der Waals surface area (Å²) >= 11 is 5.92. The number of carbonyl (C=O) groups excluding carboxylic acids is 1. The largest absolute Gasteiger partial charge is 0.482 e. The molecule has 3 aromatic rings. The van der Waals surface area contributed by atoms with Crippen LogP contribution in [0.5, 0.6) is 5.75 Å². The summed E-state index contributed by atoms with van der Waals surface area (Å²) in [5.74, 6) is -0.337. The minimum atomic E-state index is -0.505. The molecule has 3 rings (SSSR count). The molecule has 1 aromatic carbocycles. The van der Waals surface area contributed by atoms with Crippen LogP contribution in [-0.4, -0.2) is 15.9 Å². The van der Waals surface area contributed by atoms with Crippen LogP contribution in [0.2, 0.25) is 5.02 Å². The second-order valence-electron chi connectivity index (χ2n) is 5.74. The number of nitrogen functional groups attached to an aromatic ring is 1. The second-order valence-corrected chi connectivity index (χ2v) is 6.17. The van der Waals surface area contributed by atoms with E-state index in [0.29, 0.717) is 16.5 Å². The fourth-order valence-electron chi connectivity index (χ4n) is 2.36. The van der Waals surface area contributed by atoms with Gasteiger partial charge in [-0.25, -0.2) is 14.4 Å². The van der Waals surface area contributed by atoms with Crippen molar-refractivity contribution < 1.29 is 13.9 Å². The lowest BCUT2D eigenvalue weighted by atomic mass is 10.1. The molecule has 2 aromatic heterocycles. The van der Waals surface area contributed by atoms with Gasteiger partial charge in [-0.2, -0.15) is 0 Å². The van der Waals surface area contributed by atoms with Crippen molar-refractivity contribution in [2.24, 2.45) is 0 Å². The first-order valence-corrected chi connectivity index (χ1v) is 8.40. The summed E-state index contributed by atoms with van der Waals surface area (Å²) in [5.41, 5.74) is 7.27. The normalized spacial score (nSPS) is 11.7. The average molecular weight is 387 g/mol. The van der Waals surface area contributed by atoms with Gasteiger partial charge in [0.1, 0.15) is 17.6 Å². The van der Waals surface area contributed by atoms with Gasteiger partial charge >= 0.3 is 0 Å². The molecule has 0 bridgehead atoms. The number of amides is 1. The van der Waals surface area contributed by atoms with E-state index in [9.17, 15) is 9.18 Å². The van der Waals surface area contributed by atoms with Gasteiger partial charge in [-0.15, -0.1) is 0 Å². The van der Waals surface area contributed by atoms with Crippen molar-refractivity contribution in [2.75, 3.05) is 11.1 Å². The molecule has 0 saturated carbocycles. The lowest BCUT2D eigenvalue weighted by Gasteiger charge is -2.17. The van der Waals surface area contributed by atoms with E-state index in [1.165, 1.54) is 18.3 Å². The number of rotatable bonds is 5. The Morgan fingerprint density at radius 2 is 2.04 bits per heavy atom. The maximum Gasteiger partial charge on any atom is 0.274 e. The number of halogens is 2. The highest BCUT2D eigenvalue weighted by Gasteiger charge is 2.13. The Bertz CT molecular complexity index is 966. The predicted molar refractivity (Wildman–Crippen MR) is 101 cm³/mol. The smallest absolute Gasteiger partial charge is 0.274 e. The molecule has 0 spiro atoms. The van der Waals surface area contributed by atoms with E-state index in [1.807, 2.05) is 13.0 Å². The van der Waals surface area contributed by atoms with Crippen LogP contribution in [-0.2, 0) is 0 Å². The molecule has 0 aliphatic carbocycles. The molecule has 3 N–H and O–H groups in total. The van der Waals surface area contributed by atoms with Crippen LogP contribution in [0.1, 0.15) is 29.1 Å². The number of nitrogens with zero attached hydrogens (tertiary/aromatic N) is 2. The Balaban J connectivity index is 1.73. The summed E-state index contributed by atoms with van der Waals surface area (Å²) < 4.78 is 18.8. The van der Waals surface area contributed by atoms with Gasteiger partial charge in [-0.1, -0.05) is 23.7 Å². The summed E-state index contributed by atoms with van der Waals surface area (Å²) in [6.07, 6.45) is 2.06. The SMILES string of the molecule is CC(Oc1cc(Cl)cnc1N)c1cccc(NC(=O)c2ccc(F)cn2)c1. The van der Waals surface area contributed by atoms with E-state index in [0.717, 1.165) is 11.8 Å². The lowest BCUT2D eigenvalue weighted by molar-refractivity contribution is 0.102. The number of nitrogens with two attached hydrogens (primary N) is 1. The number of benzene rings is 1. The van der Waals surface area contributed by atoms with Crippen molar-refractivity contribution in [1.29, 1.82) is 0 Å². The van der Waals surface area contributed by atoms with Crippen LogP contribution in [0.3, 0.4) is 0 Å². The van der Waals surface area contributed by atoms with E-state index in [2.05, 4.69) is 15.3 Å². The molecule has 0 aliphatic heterocycles. The Hall–Kier alpha value is -3.19. The first-order chi connectivity index (χ1) is 12.9. The molecule has 0 saturated heterocycles. The van der Waals surface area contributed by atoms with Crippen LogP contribution in [0.15, 0.2) is 54.9 Å². The molecule has 0 aliphatic rings. The fourth-order valence-corrected chi connectivity index (χ4v) is 2.51. The van der Waals surface area contributed by atoms with Gasteiger partial charge in [-0.05, 0) is 36.8 Å². The van der Waals surface area contributed by atoms with Crippen molar-refractivity contribution in [3.63, 3.8) is 0 Å². The van der Waals surface area contributed by atoms with Crippen molar-refractivity contribution in [3.8, 4) is 5.75 Å². The van der Waals surface area contributed by atoms with E-state index in [-0.39, 0.29) is 17.6 Å². The molecule has 2 heterocycles. The van der Waals surface area contributed by atoms with E-state index >= 15 is 0 Å². The highest BCUT2D eigenvalue weighted by atomic mass is 35.5. The van der Waals surface area contributed by atoms with Crippen LogP contribution >= 0.6 is 11.6 Å². The number of carbonyl (C=O) groups is 1. The molecule has 1 unspecified atom stereocenters. The molecule has 6 nitrogen and oxygen atoms in total. The van der Waals surface area contributed by atoms with Crippen molar-refractivity contribution in [3.05, 3.63) is 77.0 Å². The number of hydrogen-bond donors (Lipinski definition) is 2. The first kappa shape index (κ1) is 18.6. The topological polar surface area (TPSA) is 90.1 Å².